The first-order valence-electron chi connectivity index (χ1n) is 9.31. The highest BCUT2D eigenvalue weighted by atomic mass is 16.6. The molecule has 0 aliphatic heterocycles. The van der Waals surface area contributed by atoms with E-state index >= 15 is 0 Å². The number of hydrogen-bond donors (Lipinski definition) is 1. The molecule has 6 nitrogen and oxygen atoms in total. The number of para-hydroxylation sites is 2. The third kappa shape index (κ3) is 4.01. The third-order valence-corrected chi connectivity index (χ3v) is 4.59. The standard InChI is InChI=1S/C22H21NO5/c1-14(21(24)23-15-11-12-15)27-22(25)20-18(13-26-16-7-3-2-4-8-16)17-9-5-6-10-19(17)28-20/h2-10,14-15H,11-13H2,1H3,(H,23,24)/t14-/m1/s1. The number of amides is 1. The molecule has 1 atom stereocenters. The molecule has 1 amide bonds. The number of ether oxygens (including phenoxy) is 2. The van der Waals surface area contributed by atoms with Gasteiger partial charge in [-0.05, 0) is 38.0 Å². The van der Waals surface area contributed by atoms with Crippen LogP contribution in [-0.4, -0.2) is 24.0 Å². The van der Waals surface area contributed by atoms with E-state index < -0.39 is 12.1 Å². The maximum absolute atomic E-state index is 12.7. The minimum atomic E-state index is -0.899. The maximum atomic E-state index is 12.7. The lowest BCUT2D eigenvalue weighted by Crippen LogP contribution is -2.37. The van der Waals surface area contributed by atoms with Crippen LogP contribution in [0.1, 0.15) is 35.9 Å². The largest absolute Gasteiger partial charge is 0.489 e. The van der Waals surface area contributed by atoms with Crippen molar-refractivity contribution in [2.24, 2.45) is 0 Å². The Bertz CT molecular complexity index is 991. The van der Waals surface area contributed by atoms with E-state index in [1.54, 1.807) is 13.0 Å². The number of benzene rings is 2. The first kappa shape index (κ1) is 18.1. The van der Waals surface area contributed by atoms with Crippen LogP contribution >= 0.6 is 0 Å². The molecule has 4 rings (SSSR count). The summed E-state index contributed by atoms with van der Waals surface area (Å²) in [5, 5.41) is 3.61. The summed E-state index contributed by atoms with van der Waals surface area (Å²) in [5.74, 6) is -0.233. The summed E-state index contributed by atoms with van der Waals surface area (Å²) in [4.78, 5) is 24.8. The zero-order chi connectivity index (χ0) is 19.5. The summed E-state index contributed by atoms with van der Waals surface area (Å²) in [7, 11) is 0. The molecular formula is C22H21NO5. The number of esters is 1. The predicted octanol–water partition coefficient (Wildman–Crippen LogP) is 3.84. The molecule has 1 saturated carbocycles. The molecule has 0 bridgehead atoms. The van der Waals surface area contributed by atoms with Crippen molar-refractivity contribution in [1.82, 2.24) is 5.32 Å². The molecule has 0 unspecified atom stereocenters. The van der Waals surface area contributed by atoms with E-state index in [9.17, 15) is 9.59 Å². The number of carbonyl (C=O) groups excluding carboxylic acids is 2. The second-order valence-corrected chi connectivity index (χ2v) is 6.84. The number of furan rings is 1. The van der Waals surface area contributed by atoms with Crippen LogP contribution in [0.15, 0.2) is 59.0 Å². The van der Waals surface area contributed by atoms with Gasteiger partial charge in [-0.1, -0.05) is 36.4 Å². The van der Waals surface area contributed by atoms with Gasteiger partial charge in [-0.15, -0.1) is 0 Å². The third-order valence-electron chi connectivity index (χ3n) is 4.59. The van der Waals surface area contributed by atoms with Crippen molar-refractivity contribution in [3.63, 3.8) is 0 Å². The first-order chi connectivity index (χ1) is 13.6. The maximum Gasteiger partial charge on any atom is 0.375 e. The second-order valence-electron chi connectivity index (χ2n) is 6.84. The Balaban J connectivity index is 1.54. The molecule has 1 aromatic heterocycles. The van der Waals surface area contributed by atoms with Crippen LogP contribution < -0.4 is 10.1 Å². The summed E-state index contributed by atoms with van der Waals surface area (Å²) in [6, 6.07) is 16.9. The van der Waals surface area contributed by atoms with Gasteiger partial charge < -0.3 is 19.2 Å². The summed E-state index contributed by atoms with van der Waals surface area (Å²) in [5.41, 5.74) is 1.16. The molecule has 1 N–H and O–H groups in total. The van der Waals surface area contributed by atoms with Crippen LogP contribution in [0.5, 0.6) is 5.75 Å². The summed E-state index contributed by atoms with van der Waals surface area (Å²) in [6.07, 6.45) is 1.04. The van der Waals surface area contributed by atoms with Gasteiger partial charge in [0.25, 0.3) is 5.91 Å². The Kier molecular flexibility index (Phi) is 5.02. The average Bonchev–Trinajstić information content (AvgIpc) is 3.45. The molecule has 0 radical (unpaired) electrons. The smallest absolute Gasteiger partial charge is 0.375 e. The Morgan fingerprint density at radius 3 is 2.57 bits per heavy atom. The van der Waals surface area contributed by atoms with Crippen molar-refractivity contribution in [2.45, 2.75) is 38.5 Å². The number of rotatable bonds is 7. The Morgan fingerprint density at radius 2 is 1.82 bits per heavy atom. The van der Waals surface area contributed by atoms with Gasteiger partial charge in [-0.2, -0.15) is 0 Å². The molecule has 0 saturated heterocycles. The van der Waals surface area contributed by atoms with Gasteiger partial charge in [0.2, 0.25) is 5.76 Å². The Morgan fingerprint density at radius 1 is 1.11 bits per heavy atom. The van der Waals surface area contributed by atoms with E-state index in [0.29, 0.717) is 16.9 Å². The fourth-order valence-electron chi connectivity index (χ4n) is 2.89. The van der Waals surface area contributed by atoms with Crippen LogP contribution in [0.2, 0.25) is 0 Å². The molecule has 3 aromatic rings. The van der Waals surface area contributed by atoms with E-state index in [0.717, 1.165) is 18.2 Å². The molecule has 6 heteroatoms. The Labute approximate surface area is 162 Å². The summed E-state index contributed by atoms with van der Waals surface area (Å²) in [6.45, 7) is 1.70. The van der Waals surface area contributed by atoms with E-state index in [1.165, 1.54) is 0 Å². The van der Waals surface area contributed by atoms with Gasteiger partial charge in [-0.25, -0.2) is 4.79 Å². The fourth-order valence-corrected chi connectivity index (χ4v) is 2.89. The molecule has 144 valence electrons. The lowest BCUT2D eigenvalue weighted by atomic mass is 10.1. The molecule has 1 fully saturated rings. The topological polar surface area (TPSA) is 77.8 Å². The normalized spacial score (nSPS) is 14.5. The van der Waals surface area contributed by atoms with Gasteiger partial charge in [0.05, 0.1) is 5.56 Å². The molecule has 2 aromatic carbocycles. The van der Waals surface area contributed by atoms with E-state index in [4.69, 9.17) is 13.9 Å². The van der Waals surface area contributed by atoms with Gasteiger partial charge in [-0.3, -0.25) is 4.79 Å². The molecule has 1 heterocycles. The zero-order valence-corrected chi connectivity index (χ0v) is 15.5. The minimum absolute atomic E-state index is 0.0585. The highest BCUT2D eigenvalue weighted by Gasteiger charge is 2.29. The SMILES string of the molecule is C[C@@H](OC(=O)c1oc2ccccc2c1COc1ccccc1)C(=O)NC1CC1. The number of carbonyl (C=O) groups is 2. The number of nitrogens with one attached hydrogen (secondary N) is 1. The van der Waals surface area contributed by atoms with Crippen LogP contribution in [-0.2, 0) is 16.1 Å². The molecule has 0 spiro atoms. The minimum Gasteiger partial charge on any atom is -0.489 e. The van der Waals surface area contributed by atoms with Gasteiger partial charge >= 0.3 is 5.97 Å². The van der Waals surface area contributed by atoms with Crippen LogP contribution in [0.4, 0.5) is 0 Å². The number of hydrogen-bond acceptors (Lipinski definition) is 5. The van der Waals surface area contributed by atoms with Crippen molar-refractivity contribution in [2.75, 3.05) is 0 Å². The lowest BCUT2D eigenvalue weighted by Gasteiger charge is -2.13. The lowest BCUT2D eigenvalue weighted by molar-refractivity contribution is -0.129. The van der Waals surface area contributed by atoms with E-state index in [1.807, 2.05) is 48.5 Å². The zero-order valence-electron chi connectivity index (χ0n) is 15.5. The van der Waals surface area contributed by atoms with Gasteiger partial charge in [0.15, 0.2) is 6.10 Å². The predicted molar refractivity (Wildman–Crippen MR) is 103 cm³/mol. The highest BCUT2D eigenvalue weighted by molar-refractivity contribution is 5.97. The van der Waals surface area contributed by atoms with Crippen molar-refractivity contribution in [3.05, 3.63) is 65.9 Å². The van der Waals surface area contributed by atoms with Crippen LogP contribution in [0, 0.1) is 0 Å². The summed E-state index contributed by atoms with van der Waals surface area (Å²) < 4.78 is 16.9. The van der Waals surface area contributed by atoms with Crippen LogP contribution in [0.25, 0.3) is 11.0 Å². The van der Waals surface area contributed by atoms with Crippen molar-refractivity contribution in [1.29, 1.82) is 0 Å². The van der Waals surface area contributed by atoms with Crippen molar-refractivity contribution in [3.8, 4) is 5.75 Å². The molecule has 28 heavy (non-hydrogen) atoms. The highest BCUT2D eigenvalue weighted by Crippen LogP contribution is 2.28. The molecule has 1 aliphatic rings. The van der Waals surface area contributed by atoms with E-state index in [2.05, 4.69) is 5.32 Å². The molecular weight excluding hydrogens is 358 g/mol. The average molecular weight is 379 g/mol. The van der Waals surface area contributed by atoms with Gasteiger partial charge in [0, 0.05) is 11.4 Å². The summed E-state index contributed by atoms with van der Waals surface area (Å²) >= 11 is 0. The quantitative estimate of drug-likeness (QED) is 0.631. The molecule has 1 aliphatic carbocycles. The van der Waals surface area contributed by atoms with Crippen LogP contribution in [0.3, 0.4) is 0 Å². The Hall–Kier alpha value is -3.28. The van der Waals surface area contributed by atoms with E-state index in [-0.39, 0.29) is 24.3 Å². The first-order valence-corrected chi connectivity index (χ1v) is 9.31. The second kappa shape index (κ2) is 7.76. The number of fused-ring (bicyclic) bond motifs is 1. The van der Waals surface area contributed by atoms with Gasteiger partial charge in [0.1, 0.15) is 17.9 Å². The fraction of sp³-hybridized carbons (Fsp3) is 0.273. The van der Waals surface area contributed by atoms with Crippen molar-refractivity contribution >= 4 is 22.8 Å². The monoisotopic (exact) mass is 379 g/mol. The van der Waals surface area contributed by atoms with Crippen molar-refractivity contribution < 1.29 is 23.5 Å².